The Morgan fingerprint density at radius 2 is 2.26 bits per heavy atom. The molecule has 0 unspecified atom stereocenters. The predicted octanol–water partition coefficient (Wildman–Crippen LogP) is 5.06. The number of hydrogen-bond acceptors (Lipinski definition) is 3. The van der Waals surface area contributed by atoms with Gasteiger partial charge in [-0.2, -0.15) is 0 Å². The number of rotatable bonds is 8. The van der Waals surface area contributed by atoms with Crippen molar-refractivity contribution < 1.29 is 14.3 Å². The van der Waals surface area contributed by atoms with E-state index in [1.807, 2.05) is 25.2 Å². The molecule has 0 aliphatic carbocycles. The summed E-state index contributed by atoms with van der Waals surface area (Å²) in [6.07, 6.45) is 16.0. The van der Waals surface area contributed by atoms with Crippen LogP contribution < -0.4 is 0 Å². The van der Waals surface area contributed by atoms with E-state index in [2.05, 4.69) is 25.2 Å². The summed E-state index contributed by atoms with van der Waals surface area (Å²) in [4.78, 5) is 11.4. The summed E-state index contributed by atoms with van der Waals surface area (Å²) in [5.74, 6) is 0.723. The average Bonchev–Trinajstić information content (AvgIpc) is 2.55. The van der Waals surface area contributed by atoms with Crippen molar-refractivity contribution in [1.82, 2.24) is 0 Å². The molecule has 4 heteroatoms. The van der Waals surface area contributed by atoms with Crippen molar-refractivity contribution in [3.63, 3.8) is 0 Å². The minimum Gasteiger partial charge on any atom is -0.501 e. The molecule has 0 aromatic rings. The van der Waals surface area contributed by atoms with Crippen LogP contribution in [0.1, 0.15) is 33.1 Å². The summed E-state index contributed by atoms with van der Waals surface area (Å²) in [6, 6.07) is 0. The van der Waals surface area contributed by atoms with E-state index < -0.39 is 0 Å². The molecule has 0 saturated carbocycles. The first-order chi connectivity index (χ1) is 11.0. The highest BCUT2D eigenvalue weighted by atomic mass is 35.5. The molecule has 0 aromatic carbocycles. The summed E-state index contributed by atoms with van der Waals surface area (Å²) < 4.78 is 10.4. The zero-order valence-corrected chi connectivity index (χ0v) is 14.8. The Morgan fingerprint density at radius 3 is 2.96 bits per heavy atom. The van der Waals surface area contributed by atoms with Crippen molar-refractivity contribution in [1.29, 1.82) is 0 Å². The Hall–Kier alpha value is -1.74. The van der Waals surface area contributed by atoms with Gasteiger partial charge in [0.05, 0.1) is 13.2 Å². The molecule has 0 spiro atoms. The fraction of sp³-hybridized carbons (Fsp3) is 0.421. The van der Waals surface area contributed by atoms with Crippen molar-refractivity contribution in [3.05, 3.63) is 59.4 Å². The van der Waals surface area contributed by atoms with Gasteiger partial charge in [0.1, 0.15) is 11.9 Å². The lowest BCUT2D eigenvalue weighted by atomic mass is 10.1. The number of hydrogen-bond donors (Lipinski definition) is 0. The van der Waals surface area contributed by atoms with Crippen molar-refractivity contribution in [3.8, 4) is 0 Å². The normalized spacial score (nSPS) is 21.0. The second kappa shape index (κ2) is 10.9. The Balaban J connectivity index is 2.29. The molecule has 0 radical (unpaired) electrons. The summed E-state index contributed by atoms with van der Waals surface area (Å²) >= 11 is 5.60. The number of carbonyl (C=O) groups excluding carboxylic acids is 1. The van der Waals surface area contributed by atoms with E-state index in [1.54, 1.807) is 12.6 Å². The van der Waals surface area contributed by atoms with Gasteiger partial charge in [-0.05, 0) is 31.3 Å². The van der Waals surface area contributed by atoms with Gasteiger partial charge in [0.15, 0.2) is 0 Å². The largest absolute Gasteiger partial charge is 0.501 e. The van der Waals surface area contributed by atoms with E-state index in [9.17, 15) is 4.79 Å². The van der Waals surface area contributed by atoms with Gasteiger partial charge in [0.2, 0.25) is 0 Å². The third-order valence-corrected chi connectivity index (χ3v) is 3.75. The standard InChI is InChI=1S/C19H25ClO3/c1-15(10-11-16(2)14-20)8-6-4-5-7-9-17-12-18(22-3)13-19(21)23-17/h4-6,8,10-11,13-15,17H,7,9,12H2,1-3H3/b5-4+,8-6-,11-10+,16-14+/t15-,17+/m0/s1. The zero-order chi connectivity index (χ0) is 17.1. The Bertz CT molecular complexity index is 527. The summed E-state index contributed by atoms with van der Waals surface area (Å²) in [5.41, 5.74) is 2.60. The lowest BCUT2D eigenvalue weighted by molar-refractivity contribution is -0.145. The van der Waals surface area contributed by atoms with Crippen LogP contribution in [-0.4, -0.2) is 19.2 Å². The molecule has 1 heterocycles. The molecule has 0 amide bonds. The summed E-state index contributed by atoms with van der Waals surface area (Å²) in [6.45, 7) is 4.07. The average molecular weight is 337 g/mol. The first-order valence-electron chi connectivity index (χ1n) is 7.78. The minimum atomic E-state index is -0.316. The second-order valence-electron chi connectivity index (χ2n) is 5.54. The summed E-state index contributed by atoms with van der Waals surface area (Å²) in [7, 11) is 1.58. The molecule has 0 bridgehead atoms. The summed E-state index contributed by atoms with van der Waals surface area (Å²) in [5, 5.41) is 0. The van der Waals surface area contributed by atoms with Gasteiger partial charge >= 0.3 is 5.97 Å². The fourth-order valence-corrected chi connectivity index (χ4v) is 2.13. The lowest BCUT2D eigenvalue weighted by Gasteiger charge is -2.21. The molecule has 3 nitrogen and oxygen atoms in total. The fourth-order valence-electron chi connectivity index (χ4n) is 2.06. The van der Waals surface area contributed by atoms with E-state index in [4.69, 9.17) is 21.1 Å². The van der Waals surface area contributed by atoms with E-state index in [0.29, 0.717) is 18.1 Å². The molecular weight excluding hydrogens is 312 g/mol. The topological polar surface area (TPSA) is 35.5 Å². The first-order valence-corrected chi connectivity index (χ1v) is 8.22. The highest BCUT2D eigenvalue weighted by Crippen LogP contribution is 2.19. The Kier molecular flexibility index (Phi) is 9.15. The van der Waals surface area contributed by atoms with Crippen molar-refractivity contribution in [2.24, 2.45) is 5.92 Å². The molecule has 0 aromatic heterocycles. The number of halogens is 1. The van der Waals surface area contributed by atoms with Crippen LogP contribution >= 0.6 is 11.6 Å². The van der Waals surface area contributed by atoms with Gasteiger partial charge in [-0.3, -0.25) is 0 Å². The highest BCUT2D eigenvalue weighted by Gasteiger charge is 2.21. The van der Waals surface area contributed by atoms with Crippen LogP contribution in [0, 0.1) is 5.92 Å². The van der Waals surface area contributed by atoms with E-state index in [0.717, 1.165) is 18.4 Å². The van der Waals surface area contributed by atoms with Gasteiger partial charge in [0.25, 0.3) is 0 Å². The molecule has 1 aliphatic rings. The maximum Gasteiger partial charge on any atom is 0.334 e. The van der Waals surface area contributed by atoms with Crippen LogP contribution in [0.15, 0.2) is 59.4 Å². The van der Waals surface area contributed by atoms with Gasteiger partial charge in [-0.1, -0.05) is 55.0 Å². The van der Waals surface area contributed by atoms with Gasteiger partial charge in [-0.25, -0.2) is 4.79 Å². The number of carbonyl (C=O) groups is 1. The third-order valence-electron chi connectivity index (χ3n) is 3.40. The zero-order valence-electron chi connectivity index (χ0n) is 14.0. The van der Waals surface area contributed by atoms with Crippen LogP contribution in [0.4, 0.5) is 0 Å². The van der Waals surface area contributed by atoms with Crippen molar-refractivity contribution in [2.75, 3.05) is 7.11 Å². The Labute approximate surface area is 144 Å². The SMILES string of the molecule is COC1=CC(=O)O[C@H](CC/C=C/C=C\[C@H](C)/C=C/C(C)=C/Cl)C1. The number of allylic oxidation sites excluding steroid dienone is 7. The third kappa shape index (κ3) is 8.46. The van der Waals surface area contributed by atoms with Crippen LogP contribution in [0.2, 0.25) is 0 Å². The molecule has 0 fully saturated rings. The second-order valence-corrected chi connectivity index (χ2v) is 5.76. The van der Waals surface area contributed by atoms with E-state index in [1.165, 1.54) is 6.08 Å². The molecular formula is C19H25ClO3. The molecule has 1 rings (SSSR count). The van der Waals surface area contributed by atoms with Crippen LogP contribution in [0.3, 0.4) is 0 Å². The molecule has 1 aliphatic heterocycles. The number of esters is 1. The lowest BCUT2D eigenvalue weighted by Crippen LogP contribution is -2.23. The van der Waals surface area contributed by atoms with Crippen molar-refractivity contribution >= 4 is 17.6 Å². The maximum absolute atomic E-state index is 11.4. The predicted molar refractivity (Wildman–Crippen MR) is 95.0 cm³/mol. The molecule has 23 heavy (non-hydrogen) atoms. The van der Waals surface area contributed by atoms with Gasteiger partial charge in [-0.15, -0.1) is 0 Å². The molecule has 2 atom stereocenters. The van der Waals surface area contributed by atoms with Crippen LogP contribution in [0.5, 0.6) is 0 Å². The van der Waals surface area contributed by atoms with Gasteiger partial charge < -0.3 is 9.47 Å². The molecule has 0 saturated heterocycles. The van der Waals surface area contributed by atoms with Crippen LogP contribution in [0.25, 0.3) is 0 Å². The maximum atomic E-state index is 11.4. The molecule has 126 valence electrons. The number of ether oxygens (including phenoxy) is 2. The minimum absolute atomic E-state index is 0.0942. The van der Waals surface area contributed by atoms with E-state index >= 15 is 0 Å². The van der Waals surface area contributed by atoms with E-state index in [-0.39, 0.29) is 12.1 Å². The number of methoxy groups -OCH3 is 1. The highest BCUT2D eigenvalue weighted by molar-refractivity contribution is 6.25. The van der Waals surface area contributed by atoms with Gasteiger partial charge in [0, 0.05) is 12.0 Å². The Morgan fingerprint density at radius 1 is 1.48 bits per heavy atom. The monoisotopic (exact) mass is 336 g/mol. The number of cyclic esters (lactones) is 1. The molecule has 0 N–H and O–H groups in total. The first kappa shape index (κ1) is 19.3. The quantitative estimate of drug-likeness (QED) is 0.459. The van der Waals surface area contributed by atoms with Crippen LogP contribution in [-0.2, 0) is 14.3 Å². The smallest absolute Gasteiger partial charge is 0.334 e. The van der Waals surface area contributed by atoms with Crippen molar-refractivity contribution in [2.45, 2.75) is 39.2 Å².